The molecule has 0 radical (unpaired) electrons. The van der Waals surface area contributed by atoms with Gasteiger partial charge in [0, 0.05) is 51.9 Å². The molecular weight excluding hydrogens is 286 g/mol. The summed E-state index contributed by atoms with van der Waals surface area (Å²) in [5.41, 5.74) is 2.67. The van der Waals surface area contributed by atoms with E-state index in [0.29, 0.717) is 0 Å². The summed E-state index contributed by atoms with van der Waals surface area (Å²) in [6.07, 6.45) is 5.61. The molecule has 1 fully saturated rings. The van der Waals surface area contributed by atoms with Gasteiger partial charge in [0.1, 0.15) is 11.6 Å². The number of anilines is 1. The Bertz CT molecular complexity index is 656. The summed E-state index contributed by atoms with van der Waals surface area (Å²) in [7, 11) is 0. The fourth-order valence-corrected chi connectivity index (χ4v) is 3.76. The van der Waals surface area contributed by atoms with Gasteiger partial charge in [-0.15, -0.1) is 0 Å². The first-order valence-electron chi connectivity index (χ1n) is 8.74. The standard InChI is InChI=1S/C18H25N5/c1-15-16(23-9-5-3-7-18(23)20-15)14-21-10-12-22(13-11-21)17-6-2-4-8-19-17/h2,4,6,8H,3,5,7,9-14H2,1H3. The minimum Gasteiger partial charge on any atom is -0.354 e. The Hall–Kier alpha value is -1.88. The topological polar surface area (TPSA) is 37.2 Å². The molecule has 2 aromatic rings. The number of hydrogen-bond donors (Lipinski definition) is 0. The van der Waals surface area contributed by atoms with E-state index in [9.17, 15) is 0 Å². The molecule has 0 aliphatic carbocycles. The number of rotatable bonds is 3. The first-order valence-corrected chi connectivity index (χ1v) is 8.74. The summed E-state index contributed by atoms with van der Waals surface area (Å²) >= 11 is 0. The number of imidazole rings is 1. The van der Waals surface area contributed by atoms with E-state index in [4.69, 9.17) is 4.98 Å². The van der Waals surface area contributed by atoms with Gasteiger partial charge in [0.15, 0.2) is 0 Å². The van der Waals surface area contributed by atoms with Gasteiger partial charge in [0.05, 0.1) is 11.4 Å². The van der Waals surface area contributed by atoms with Crippen LogP contribution in [0.2, 0.25) is 0 Å². The zero-order valence-corrected chi connectivity index (χ0v) is 13.9. The summed E-state index contributed by atoms with van der Waals surface area (Å²) in [5, 5.41) is 0. The highest BCUT2D eigenvalue weighted by Gasteiger charge is 2.22. The zero-order valence-electron chi connectivity index (χ0n) is 13.9. The van der Waals surface area contributed by atoms with Crippen LogP contribution in [0, 0.1) is 6.92 Å². The van der Waals surface area contributed by atoms with Crippen LogP contribution >= 0.6 is 0 Å². The molecule has 2 aromatic heterocycles. The number of hydrogen-bond acceptors (Lipinski definition) is 4. The third kappa shape index (κ3) is 2.98. The lowest BCUT2D eigenvalue weighted by Crippen LogP contribution is -2.46. The summed E-state index contributed by atoms with van der Waals surface area (Å²) in [6, 6.07) is 6.15. The van der Waals surface area contributed by atoms with Crippen molar-refractivity contribution in [1.29, 1.82) is 0 Å². The van der Waals surface area contributed by atoms with Crippen LogP contribution in [0.3, 0.4) is 0 Å². The number of pyridine rings is 1. The lowest BCUT2D eigenvalue weighted by Gasteiger charge is -2.35. The monoisotopic (exact) mass is 311 g/mol. The van der Waals surface area contributed by atoms with Gasteiger partial charge >= 0.3 is 0 Å². The second kappa shape index (κ2) is 6.32. The van der Waals surface area contributed by atoms with E-state index < -0.39 is 0 Å². The molecule has 0 aromatic carbocycles. The Morgan fingerprint density at radius 3 is 2.70 bits per heavy atom. The number of fused-ring (bicyclic) bond motifs is 1. The van der Waals surface area contributed by atoms with E-state index in [1.54, 1.807) is 0 Å². The van der Waals surface area contributed by atoms with Crippen LogP contribution in [-0.2, 0) is 19.5 Å². The molecule has 4 heterocycles. The molecule has 122 valence electrons. The predicted octanol–water partition coefficient (Wildman–Crippen LogP) is 2.25. The Balaban J connectivity index is 1.41. The fraction of sp³-hybridized carbons (Fsp3) is 0.556. The van der Waals surface area contributed by atoms with Crippen molar-refractivity contribution in [2.24, 2.45) is 0 Å². The van der Waals surface area contributed by atoms with Crippen LogP contribution in [0.4, 0.5) is 5.82 Å². The first kappa shape index (κ1) is 14.7. The molecule has 2 aliphatic heterocycles. The highest BCUT2D eigenvalue weighted by Crippen LogP contribution is 2.21. The maximum Gasteiger partial charge on any atom is 0.128 e. The van der Waals surface area contributed by atoms with Crippen LogP contribution in [0.15, 0.2) is 24.4 Å². The second-order valence-corrected chi connectivity index (χ2v) is 6.62. The molecule has 0 unspecified atom stereocenters. The summed E-state index contributed by atoms with van der Waals surface area (Å²) < 4.78 is 2.48. The Morgan fingerprint density at radius 1 is 1.04 bits per heavy atom. The van der Waals surface area contributed by atoms with Gasteiger partial charge in [-0.3, -0.25) is 4.90 Å². The lowest BCUT2D eigenvalue weighted by molar-refractivity contribution is 0.241. The van der Waals surface area contributed by atoms with Gasteiger partial charge in [-0.25, -0.2) is 9.97 Å². The average Bonchev–Trinajstić information content (AvgIpc) is 2.92. The molecule has 0 N–H and O–H groups in total. The van der Waals surface area contributed by atoms with Crippen LogP contribution < -0.4 is 4.90 Å². The third-order valence-electron chi connectivity index (χ3n) is 5.10. The third-order valence-corrected chi connectivity index (χ3v) is 5.10. The molecule has 4 rings (SSSR count). The quantitative estimate of drug-likeness (QED) is 0.871. The van der Waals surface area contributed by atoms with Gasteiger partial charge in [0.25, 0.3) is 0 Å². The molecule has 5 heteroatoms. The molecular formula is C18H25N5. The molecule has 0 atom stereocenters. The minimum atomic E-state index is 1.04. The largest absolute Gasteiger partial charge is 0.354 e. The molecule has 0 amide bonds. The van der Waals surface area contributed by atoms with Crippen molar-refractivity contribution < 1.29 is 0 Å². The van der Waals surface area contributed by atoms with Crippen molar-refractivity contribution in [2.75, 3.05) is 31.1 Å². The van der Waals surface area contributed by atoms with Gasteiger partial charge in [0.2, 0.25) is 0 Å². The van der Waals surface area contributed by atoms with Crippen LogP contribution in [0.25, 0.3) is 0 Å². The molecule has 1 saturated heterocycles. The number of nitrogens with zero attached hydrogens (tertiary/aromatic N) is 5. The van der Waals surface area contributed by atoms with Gasteiger partial charge in [-0.1, -0.05) is 6.07 Å². The zero-order chi connectivity index (χ0) is 15.6. The summed E-state index contributed by atoms with van der Waals surface area (Å²) in [6.45, 7) is 8.65. The van der Waals surface area contributed by atoms with Crippen molar-refractivity contribution in [1.82, 2.24) is 19.4 Å². The number of piperazine rings is 1. The van der Waals surface area contributed by atoms with Crippen molar-refractivity contribution in [3.8, 4) is 0 Å². The van der Waals surface area contributed by atoms with E-state index in [1.165, 1.54) is 30.1 Å². The SMILES string of the molecule is Cc1nc2n(c1CN1CCN(c3ccccn3)CC1)CCCC2. The van der Waals surface area contributed by atoms with E-state index >= 15 is 0 Å². The average molecular weight is 311 g/mol. The predicted molar refractivity (Wildman–Crippen MR) is 91.6 cm³/mol. The van der Waals surface area contributed by atoms with Crippen LogP contribution in [0.5, 0.6) is 0 Å². The maximum atomic E-state index is 4.80. The highest BCUT2D eigenvalue weighted by molar-refractivity contribution is 5.38. The van der Waals surface area contributed by atoms with Crippen LogP contribution in [0.1, 0.15) is 30.1 Å². The van der Waals surface area contributed by atoms with E-state index in [1.807, 2.05) is 12.3 Å². The Morgan fingerprint density at radius 2 is 1.91 bits per heavy atom. The molecule has 0 saturated carbocycles. The fourth-order valence-electron chi connectivity index (χ4n) is 3.76. The Kier molecular flexibility index (Phi) is 4.04. The van der Waals surface area contributed by atoms with Crippen molar-refractivity contribution in [3.05, 3.63) is 41.6 Å². The first-order chi connectivity index (χ1) is 11.3. The van der Waals surface area contributed by atoms with Crippen molar-refractivity contribution in [2.45, 2.75) is 39.3 Å². The van der Waals surface area contributed by atoms with Gasteiger partial charge in [-0.2, -0.15) is 0 Å². The maximum absolute atomic E-state index is 4.80. The highest BCUT2D eigenvalue weighted by atomic mass is 15.3. The molecule has 5 nitrogen and oxygen atoms in total. The summed E-state index contributed by atoms with van der Waals surface area (Å²) in [4.78, 5) is 14.2. The molecule has 0 spiro atoms. The number of aromatic nitrogens is 3. The van der Waals surface area contributed by atoms with Gasteiger partial charge < -0.3 is 9.47 Å². The normalized spacial score (nSPS) is 18.9. The van der Waals surface area contributed by atoms with E-state index in [2.05, 4.69) is 38.4 Å². The van der Waals surface area contributed by atoms with Crippen molar-refractivity contribution >= 4 is 5.82 Å². The molecule has 0 bridgehead atoms. The lowest BCUT2D eigenvalue weighted by atomic mass is 10.1. The van der Waals surface area contributed by atoms with Crippen molar-refractivity contribution in [3.63, 3.8) is 0 Å². The summed E-state index contributed by atoms with van der Waals surface area (Å²) in [5.74, 6) is 2.40. The van der Waals surface area contributed by atoms with E-state index in [-0.39, 0.29) is 0 Å². The molecule has 2 aliphatic rings. The van der Waals surface area contributed by atoms with E-state index in [0.717, 1.165) is 51.5 Å². The smallest absolute Gasteiger partial charge is 0.128 e. The second-order valence-electron chi connectivity index (χ2n) is 6.62. The number of aryl methyl sites for hydroxylation is 2. The minimum absolute atomic E-state index is 1.04. The van der Waals surface area contributed by atoms with Crippen LogP contribution in [-0.4, -0.2) is 45.6 Å². The molecule has 23 heavy (non-hydrogen) atoms. The Labute approximate surface area is 138 Å². The van der Waals surface area contributed by atoms with Gasteiger partial charge in [-0.05, 0) is 31.9 Å².